The summed E-state index contributed by atoms with van der Waals surface area (Å²) in [6.07, 6.45) is 4.50. The van der Waals surface area contributed by atoms with Crippen molar-refractivity contribution in [3.63, 3.8) is 0 Å². The summed E-state index contributed by atoms with van der Waals surface area (Å²) in [4.78, 5) is 4.89. The fourth-order valence-electron chi connectivity index (χ4n) is 4.10. The zero-order valence-corrected chi connectivity index (χ0v) is 17.5. The van der Waals surface area contributed by atoms with Crippen LogP contribution in [-0.4, -0.2) is 6.04 Å². The second-order valence-corrected chi connectivity index (χ2v) is 7.56. The number of hydrogen-bond donors (Lipinski definition) is 0. The van der Waals surface area contributed by atoms with E-state index in [0.29, 0.717) is 6.04 Å². The SMILES string of the molecule is CCCC1=C(CC)N(c2ccc(C)cc2)[CH]N(c2ccc(C)cc2)C1CC. The number of benzene rings is 2. The molecule has 2 aromatic rings. The maximum atomic E-state index is 2.48. The second kappa shape index (κ2) is 8.65. The van der Waals surface area contributed by atoms with Crippen LogP contribution >= 0.6 is 0 Å². The Kier molecular flexibility index (Phi) is 6.26. The molecule has 0 aliphatic carbocycles. The van der Waals surface area contributed by atoms with Crippen LogP contribution < -0.4 is 9.80 Å². The quantitative estimate of drug-likeness (QED) is 0.547. The molecule has 1 unspecified atom stereocenters. The van der Waals surface area contributed by atoms with Crippen LogP contribution in [0.4, 0.5) is 11.4 Å². The van der Waals surface area contributed by atoms with Gasteiger partial charge in [-0.3, -0.25) is 0 Å². The van der Waals surface area contributed by atoms with Gasteiger partial charge in [-0.1, -0.05) is 62.6 Å². The van der Waals surface area contributed by atoms with E-state index in [0.717, 1.165) is 19.3 Å². The summed E-state index contributed by atoms with van der Waals surface area (Å²) in [5.74, 6) is 0. The zero-order valence-electron chi connectivity index (χ0n) is 17.5. The number of anilines is 2. The summed E-state index contributed by atoms with van der Waals surface area (Å²) in [7, 11) is 0. The largest absolute Gasteiger partial charge is 0.341 e. The fraction of sp³-hybridized carbons (Fsp3) is 0.400. The molecule has 0 bridgehead atoms. The standard InChI is InChI=1S/C25H33N2/c1-6-9-23-24(7-2)26(21-14-10-19(4)11-15-21)18-27(25(23)8-3)22-16-12-20(5)13-17-22/h10-18,24H,6-9H2,1-5H3. The highest BCUT2D eigenvalue weighted by molar-refractivity contribution is 5.64. The molecule has 1 radical (unpaired) electrons. The Hall–Kier alpha value is -2.22. The van der Waals surface area contributed by atoms with Gasteiger partial charge < -0.3 is 9.80 Å². The molecule has 2 heteroatoms. The second-order valence-electron chi connectivity index (χ2n) is 7.56. The molecule has 2 nitrogen and oxygen atoms in total. The van der Waals surface area contributed by atoms with Gasteiger partial charge in [0.1, 0.15) is 6.67 Å². The van der Waals surface area contributed by atoms with Gasteiger partial charge in [-0.2, -0.15) is 0 Å². The molecule has 2 aromatic carbocycles. The van der Waals surface area contributed by atoms with Crippen molar-refractivity contribution in [3.8, 4) is 0 Å². The Morgan fingerprint density at radius 1 is 0.778 bits per heavy atom. The number of aryl methyl sites for hydroxylation is 2. The van der Waals surface area contributed by atoms with Gasteiger partial charge in [-0.05, 0) is 62.9 Å². The van der Waals surface area contributed by atoms with Crippen LogP contribution in [0.1, 0.15) is 57.6 Å². The zero-order chi connectivity index (χ0) is 19.4. The number of hydrogen-bond acceptors (Lipinski definition) is 2. The Balaban J connectivity index is 2.09. The Morgan fingerprint density at radius 2 is 1.33 bits per heavy atom. The van der Waals surface area contributed by atoms with E-state index in [1.165, 1.54) is 34.6 Å². The number of rotatable bonds is 6. The van der Waals surface area contributed by atoms with E-state index in [-0.39, 0.29) is 0 Å². The Bertz CT molecular complexity index is 771. The number of nitrogens with zero attached hydrogens (tertiary/aromatic N) is 2. The van der Waals surface area contributed by atoms with Crippen LogP contribution in [0.25, 0.3) is 0 Å². The van der Waals surface area contributed by atoms with Crippen LogP contribution in [0.5, 0.6) is 0 Å². The molecule has 1 aliphatic rings. The molecule has 1 aliphatic heterocycles. The predicted octanol–water partition coefficient (Wildman–Crippen LogP) is 6.99. The van der Waals surface area contributed by atoms with Crippen molar-refractivity contribution in [2.75, 3.05) is 9.80 Å². The van der Waals surface area contributed by atoms with Crippen molar-refractivity contribution in [2.45, 2.75) is 66.3 Å². The lowest BCUT2D eigenvalue weighted by molar-refractivity contribution is 0.598. The smallest absolute Gasteiger partial charge is 0.147 e. The van der Waals surface area contributed by atoms with Crippen molar-refractivity contribution < 1.29 is 0 Å². The summed E-state index contributed by atoms with van der Waals surface area (Å²) in [6.45, 7) is 13.5. The minimum absolute atomic E-state index is 0.435. The van der Waals surface area contributed by atoms with Crippen LogP contribution in [-0.2, 0) is 0 Å². The molecule has 0 amide bonds. The van der Waals surface area contributed by atoms with Crippen LogP contribution in [0, 0.1) is 20.5 Å². The third-order valence-corrected chi connectivity index (χ3v) is 5.52. The topological polar surface area (TPSA) is 6.48 Å². The van der Waals surface area contributed by atoms with E-state index in [2.05, 4.69) is 99.6 Å². The first-order chi connectivity index (χ1) is 13.1. The van der Waals surface area contributed by atoms with Gasteiger partial charge >= 0.3 is 0 Å². The molecular formula is C25H33N2. The maximum Gasteiger partial charge on any atom is 0.147 e. The highest BCUT2D eigenvalue weighted by Gasteiger charge is 2.32. The van der Waals surface area contributed by atoms with Gasteiger partial charge in [0, 0.05) is 17.1 Å². The molecule has 0 spiro atoms. The first-order valence-corrected chi connectivity index (χ1v) is 10.4. The van der Waals surface area contributed by atoms with Crippen molar-refractivity contribution in [2.24, 2.45) is 0 Å². The molecule has 0 aromatic heterocycles. The first-order valence-electron chi connectivity index (χ1n) is 10.4. The molecule has 0 saturated carbocycles. The third kappa shape index (κ3) is 4.05. The molecule has 0 N–H and O–H groups in total. The number of allylic oxidation sites excluding steroid dienone is 1. The van der Waals surface area contributed by atoms with Gasteiger partial charge in [0.25, 0.3) is 0 Å². The minimum Gasteiger partial charge on any atom is -0.341 e. The molecule has 1 atom stereocenters. The summed E-state index contributed by atoms with van der Waals surface area (Å²) in [5.41, 5.74) is 8.18. The summed E-state index contributed by atoms with van der Waals surface area (Å²) in [5, 5.41) is 0. The van der Waals surface area contributed by atoms with Gasteiger partial charge in [0.2, 0.25) is 0 Å². The molecule has 0 saturated heterocycles. The van der Waals surface area contributed by atoms with Crippen LogP contribution in [0.3, 0.4) is 0 Å². The van der Waals surface area contributed by atoms with E-state index in [1.807, 2.05) is 0 Å². The van der Waals surface area contributed by atoms with Crippen molar-refractivity contribution in [1.82, 2.24) is 0 Å². The lowest BCUT2D eigenvalue weighted by Gasteiger charge is -2.46. The summed E-state index contributed by atoms with van der Waals surface area (Å²) in [6, 6.07) is 18.3. The molecule has 3 rings (SSSR count). The van der Waals surface area contributed by atoms with Crippen LogP contribution in [0.15, 0.2) is 59.8 Å². The van der Waals surface area contributed by atoms with Gasteiger partial charge in [0.15, 0.2) is 0 Å². The average molecular weight is 362 g/mol. The highest BCUT2D eigenvalue weighted by Crippen LogP contribution is 2.39. The molecule has 27 heavy (non-hydrogen) atoms. The maximum absolute atomic E-state index is 2.48. The Morgan fingerprint density at radius 3 is 1.81 bits per heavy atom. The molecule has 0 fully saturated rings. The van der Waals surface area contributed by atoms with E-state index in [4.69, 9.17) is 0 Å². The monoisotopic (exact) mass is 361 g/mol. The van der Waals surface area contributed by atoms with Crippen molar-refractivity contribution in [3.05, 3.63) is 77.6 Å². The lowest BCUT2D eigenvalue weighted by atomic mass is 9.92. The first kappa shape index (κ1) is 19.5. The fourth-order valence-corrected chi connectivity index (χ4v) is 4.10. The molecule has 1 heterocycles. The van der Waals surface area contributed by atoms with Crippen molar-refractivity contribution in [1.29, 1.82) is 0 Å². The third-order valence-electron chi connectivity index (χ3n) is 5.52. The van der Waals surface area contributed by atoms with Gasteiger partial charge in [-0.15, -0.1) is 0 Å². The summed E-state index contributed by atoms with van der Waals surface area (Å²) >= 11 is 0. The lowest BCUT2D eigenvalue weighted by Crippen LogP contribution is -2.46. The Labute approximate surface area is 165 Å². The summed E-state index contributed by atoms with van der Waals surface area (Å²) < 4.78 is 0. The van der Waals surface area contributed by atoms with E-state index >= 15 is 0 Å². The molecule has 143 valence electrons. The highest BCUT2D eigenvalue weighted by atomic mass is 15.4. The van der Waals surface area contributed by atoms with E-state index in [9.17, 15) is 0 Å². The minimum atomic E-state index is 0.435. The van der Waals surface area contributed by atoms with Gasteiger partial charge in [-0.25, -0.2) is 0 Å². The molecular weight excluding hydrogens is 328 g/mol. The average Bonchev–Trinajstić information content (AvgIpc) is 2.68. The normalized spacial score (nSPS) is 17.6. The van der Waals surface area contributed by atoms with Gasteiger partial charge in [0.05, 0.1) is 6.04 Å². The van der Waals surface area contributed by atoms with E-state index in [1.54, 1.807) is 5.57 Å². The van der Waals surface area contributed by atoms with E-state index < -0.39 is 0 Å². The van der Waals surface area contributed by atoms with Crippen LogP contribution in [0.2, 0.25) is 0 Å². The predicted molar refractivity (Wildman–Crippen MR) is 118 cm³/mol. The van der Waals surface area contributed by atoms with Crippen molar-refractivity contribution >= 4 is 11.4 Å².